The topological polar surface area (TPSA) is 39.2 Å². The van der Waals surface area contributed by atoms with Crippen molar-refractivity contribution >= 4 is 40.4 Å². The van der Waals surface area contributed by atoms with Crippen LogP contribution in [0.15, 0.2) is 48.5 Å². The average Bonchev–Trinajstić information content (AvgIpc) is 2.50. The molecule has 3 aromatic rings. The summed E-state index contributed by atoms with van der Waals surface area (Å²) in [6, 6.07) is 14.1. The van der Waals surface area contributed by atoms with Crippen LogP contribution in [0.4, 0.5) is 0 Å². The molecule has 0 amide bonds. The van der Waals surface area contributed by atoms with E-state index in [1.165, 1.54) is 0 Å². The summed E-state index contributed by atoms with van der Waals surface area (Å²) in [5.41, 5.74) is 1.08. The van der Waals surface area contributed by atoms with Crippen molar-refractivity contribution < 1.29 is 9.53 Å². The van der Waals surface area contributed by atoms with E-state index in [-0.39, 0.29) is 5.88 Å². The second-order valence-electron chi connectivity index (χ2n) is 4.37. The first-order valence-corrected chi connectivity index (χ1v) is 6.91. The number of ether oxygens (including phenoxy) is 1. The highest BCUT2D eigenvalue weighted by Gasteiger charge is 2.11. The van der Waals surface area contributed by atoms with E-state index in [0.717, 1.165) is 10.9 Å². The monoisotopic (exact) mass is 317 g/mol. The number of nitrogens with zero attached hydrogens (tertiary/aromatic N) is 1. The van der Waals surface area contributed by atoms with Crippen molar-refractivity contribution in [2.24, 2.45) is 0 Å². The van der Waals surface area contributed by atoms with Gasteiger partial charge in [0.1, 0.15) is 5.75 Å². The van der Waals surface area contributed by atoms with Crippen molar-refractivity contribution in [3.05, 3.63) is 64.1 Å². The number of fused-ring (bicyclic) bond motifs is 1. The van der Waals surface area contributed by atoms with Crippen LogP contribution in [0.3, 0.4) is 0 Å². The molecular weight excluding hydrogens is 309 g/mol. The van der Waals surface area contributed by atoms with Gasteiger partial charge in [-0.1, -0.05) is 41.4 Å². The number of halogens is 2. The number of hydrogen-bond donors (Lipinski definition) is 0. The maximum Gasteiger partial charge on any atom is 0.230 e. The van der Waals surface area contributed by atoms with Crippen LogP contribution < -0.4 is 4.74 Å². The zero-order chi connectivity index (χ0) is 14.8. The van der Waals surface area contributed by atoms with Gasteiger partial charge in [-0.3, -0.25) is 4.79 Å². The van der Waals surface area contributed by atoms with Gasteiger partial charge < -0.3 is 4.74 Å². The number of aromatic nitrogens is 1. The SMILES string of the molecule is O=Cc1cc2ccccc2nc1Oc1cc(Cl)ccc1Cl. The zero-order valence-corrected chi connectivity index (χ0v) is 12.2. The van der Waals surface area contributed by atoms with Crippen LogP contribution in [0.25, 0.3) is 10.9 Å². The molecule has 0 radical (unpaired) electrons. The van der Waals surface area contributed by atoms with E-state index in [1.54, 1.807) is 24.3 Å². The maximum absolute atomic E-state index is 11.2. The van der Waals surface area contributed by atoms with Crippen LogP contribution in [-0.4, -0.2) is 11.3 Å². The van der Waals surface area contributed by atoms with E-state index in [1.807, 2.05) is 24.3 Å². The van der Waals surface area contributed by atoms with Gasteiger partial charge in [-0.25, -0.2) is 4.98 Å². The normalized spacial score (nSPS) is 10.6. The van der Waals surface area contributed by atoms with Gasteiger partial charge in [0, 0.05) is 16.5 Å². The molecule has 0 aliphatic heterocycles. The third-order valence-corrected chi connectivity index (χ3v) is 3.49. The third-order valence-electron chi connectivity index (χ3n) is 2.94. The molecule has 0 spiro atoms. The van der Waals surface area contributed by atoms with Crippen molar-refractivity contribution in [1.29, 1.82) is 0 Å². The Morgan fingerprint density at radius 1 is 1.05 bits per heavy atom. The van der Waals surface area contributed by atoms with Gasteiger partial charge in [-0.05, 0) is 24.3 Å². The molecule has 0 unspecified atom stereocenters. The molecule has 1 aromatic heterocycles. The number of rotatable bonds is 3. The largest absolute Gasteiger partial charge is 0.437 e. The van der Waals surface area contributed by atoms with Gasteiger partial charge in [0.25, 0.3) is 0 Å². The summed E-state index contributed by atoms with van der Waals surface area (Å²) in [6.07, 6.45) is 0.702. The van der Waals surface area contributed by atoms with Gasteiger partial charge in [-0.15, -0.1) is 0 Å². The molecule has 3 rings (SSSR count). The number of carbonyl (C=O) groups excluding carboxylic acids is 1. The summed E-state index contributed by atoms with van der Waals surface area (Å²) in [4.78, 5) is 15.6. The highest BCUT2D eigenvalue weighted by Crippen LogP contribution is 2.33. The Bertz CT molecular complexity index is 834. The van der Waals surface area contributed by atoms with Crippen LogP contribution in [0, 0.1) is 0 Å². The van der Waals surface area contributed by atoms with Crippen LogP contribution in [0.5, 0.6) is 11.6 Å². The fraction of sp³-hybridized carbons (Fsp3) is 0. The minimum Gasteiger partial charge on any atom is -0.437 e. The first kappa shape index (κ1) is 13.9. The van der Waals surface area contributed by atoms with Crippen molar-refractivity contribution in [3.63, 3.8) is 0 Å². The molecule has 0 bridgehead atoms. The lowest BCUT2D eigenvalue weighted by Gasteiger charge is -2.10. The second kappa shape index (κ2) is 5.72. The molecule has 0 aliphatic rings. The lowest BCUT2D eigenvalue weighted by atomic mass is 10.1. The quantitative estimate of drug-likeness (QED) is 0.627. The third kappa shape index (κ3) is 2.84. The Labute approximate surface area is 131 Å². The maximum atomic E-state index is 11.2. The van der Waals surface area contributed by atoms with Crippen LogP contribution in [0.1, 0.15) is 10.4 Å². The lowest BCUT2D eigenvalue weighted by Crippen LogP contribution is -1.95. The van der Waals surface area contributed by atoms with E-state index in [9.17, 15) is 4.79 Å². The van der Waals surface area contributed by atoms with E-state index in [2.05, 4.69) is 4.98 Å². The van der Waals surface area contributed by atoms with E-state index in [4.69, 9.17) is 27.9 Å². The number of benzene rings is 2. The summed E-state index contributed by atoms with van der Waals surface area (Å²) >= 11 is 12.0. The summed E-state index contributed by atoms with van der Waals surface area (Å²) in [7, 11) is 0. The molecule has 0 fully saturated rings. The summed E-state index contributed by atoms with van der Waals surface area (Å²) in [5.74, 6) is 0.558. The van der Waals surface area contributed by atoms with E-state index in [0.29, 0.717) is 27.6 Å². The number of hydrogen-bond acceptors (Lipinski definition) is 3. The average molecular weight is 318 g/mol. The molecule has 0 saturated carbocycles. The predicted molar refractivity (Wildman–Crippen MR) is 83.7 cm³/mol. The molecule has 5 heteroatoms. The van der Waals surface area contributed by atoms with Crippen LogP contribution in [0.2, 0.25) is 10.0 Å². The molecule has 0 aliphatic carbocycles. The molecule has 0 atom stereocenters. The van der Waals surface area contributed by atoms with Gasteiger partial charge >= 0.3 is 0 Å². The van der Waals surface area contributed by atoms with Crippen LogP contribution >= 0.6 is 23.2 Å². The highest BCUT2D eigenvalue weighted by molar-refractivity contribution is 6.34. The second-order valence-corrected chi connectivity index (χ2v) is 5.21. The van der Waals surface area contributed by atoms with Crippen molar-refractivity contribution in [3.8, 4) is 11.6 Å². The molecule has 2 aromatic carbocycles. The fourth-order valence-corrected chi connectivity index (χ4v) is 2.26. The molecule has 0 N–H and O–H groups in total. The molecule has 0 saturated heterocycles. The van der Waals surface area contributed by atoms with Gasteiger partial charge in [0.2, 0.25) is 5.88 Å². The molecule has 1 heterocycles. The molecular formula is C16H9Cl2NO2. The fourth-order valence-electron chi connectivity index (χ4n) is 1.94. The standard InChI is InChI=1S/C16H9Cl2NO2/c17-12-5-6-13(18)15(8-12)21-16-11(9-20)7-10-3-1-2-4-14(10)19-16/h1-9H. The Morgan fingerprint density at radius 3 is 2.67 bits per heavy atom. The zero-order valence-electron chi connectivity index (χ0n) is 10.7. The van der Waals surface area contributed by atoms with Gasteiger partial charge in [0.05, 0.1) is 16.1 Å². The summed E-state index contributed by atoms with van der Waals surface area (Å²) in [6.45, 7) is 0. The smallest absolute Gasteiger partial charge is 0.230 e. The highest BCUT2D eigenvalue weighted by atomic mass is 35.5. The minimum atomic E-state index is 0.202. The van der Waals surface area contributed by atoms with Crippen LogP contribution in [-0.2, 0) is 0 Å². The Morgan fingerprint density at radius 2 is 1.86 bits per heavy atom. The van der Waals surface area contributed by atoms with Gasteiger partial charge in [-0.2, -0.15) is 0 Å². The molecule has 3 nitrogen and oxygen atoms in total. The summed E-state index contributed by atoms with van der Waals surface area (Å²) < 4.78 is 5.66. The minimum absolute atomic E-state index is 0.202. The number of aldehydes is 1. The van der Waals surface area contributed by atoms with E-state index < -0.39 is 0 Å². The van der Waals surface area contributed by atoms with Crippen molar-refractivity contribution in [1.82, 2.24) is 4.98 Å². The van der Waals surface area contributed by atoms with Crippen molar-refractivity contribution in [2.75, 3.05) is 0 Å². The Balaban J connectivity index is 2.10. The molecule has 21 heavy (non-hydrogen) atoms. The first-order valence-electron chi connectivity index (χ1n) is 6.15. The summed E-state index contributed by atoms with van der Waals surface area (Å²) in [5, 5.41) is 1.75. The van der Waals surface area contributed by atoms with E-state index >= 15 is 0 Å². The number of carbonyl (C=O) groups is 1. The predicted octanol–water partition coefficient (Wildman–Crippen LogP) is 5.15. The molecule has 104 valence electrons. The number of para-hydroxylation sites is 1. The first-order chi connectivity index (χ1) is 10.2. The van der Waals surface area contributed by atoms with Crippen molar-refractivity contribution in [2.45, 2.75) is 0 Å². The Kier molecular flexibility index (Phi) is 3.78. The Hall–Kier alpha value is -2.10. The number of pyridine rings is 1. The lowest BCUT2D eigenvalue weighted by molar-refractivity contribution is 0.112. The van der Waals surface area contributed by atoms with Gasteiger partial charge in [0.15, 0.2) is 6.29 Å².